The Labute approximate surface area is 68.0 Å². The minimum atomic E-state index is -0.671. The Morgan fingerprint density at radius 3 is 2.92 bits per heavy atom. The Balaban J connectivity index is 3.22. The third-order valence-corrected chi connectivity index (χ3v) is 1.48. The van der Waals surface area contributed by atoms with Crippen LogP contribution in [0.5, 0.6) is 0 Å². The molecule has 0 saturated heterocycles. The molecule has 1 heterocycles. The highest BCUT2D eigenvalue weighted by Gasteiger charge is 2.19. The minimum absolute atomic E-state index is 0.0162. The molecule has 1 aromatic rings. The predicted molar refractivity (Wildman–Crippen MR) is 39.9 cm³/mol. The lowest BCUT2D eigenvalue weighted by atomic mass is 10.4. The first-order valence-electron chi connectivity index (χ1n) is 3.35. The number of nitro groups is 1. The number of imidazole rings is 1. The summed E-state index contributed by atoms with van der Waals surface area (Å²) in [4.78, 5) is 23.5. The van der Waals surface area contributed by atoms with Crippen LogP contribution >= 0.6 is 0 Å². The van der Waals surface area contributed by atoms with E-state index in [4.69, 9.17) is 0 Å². The zero-order valence-corrected chi connectivity index (χ0v) is 6.43. The lowest BCUT2D eigenvalue weighted by Gasteiger charge is -1.94. The molecule has 0 aliphatic carbocycles. The molecule has 0 fully saturated rings. The number of carbonyl (C=O) groups is 1. The van der Waals surface area contributed by atoms with Crippen molar-refractivity contribution < 1.29 is 9.72 Å². The molecule has 64 valence electrons. The van der Waals surface area contributed by atoms with Gasteiger partial charge in [-0.25, -0.2) is 0 Å². The van der Waals surface area contributed by atoms with Crippen molar-refractivity contribution in [3.8, 4) is 0 Å². The van der Waals surface area contributed by atoms with Crippen LogP contribution < -0.4 is 0 Å². The first-order valence-corrected chi connectivity index (χ1v) is 3.35. The molecule has 1 aromatic heterocycles. The normalized spacial score (nSPS) is 9.75. The van der Waals surface area contributed by atoms with E-state index in [0.29, 0.717) is 12.8 Å². The van der Waals surface area contributed by atoms with Crippen molar-refractivity contribution in [3.63, 3.8) is 0 Å². The first-order chi connectivity index (χ1) is 5.70. The summed E-state index contributed by atoms with van der Waals surface area (Å²) < 4.78 is 1.42. The van der Waals surface area contributed by atoms with Gasteiger partial charge in [0.25, 0.3) is 0 Å². The Kier molecular flexibility index (Phi) is 2.18. The van der Waals surface area contributed by atoms with Crippen LogP contribution in [-0.4, -0.2) is 20.8 Å². The van der Waals surface area contributed by atoms with Gasteiger partial charge in [-0.3, -0.25) is 4.79 Å². The summed E-state index contributed by atoms with van der Waals surface area (Å²) in [5.74, 6) is -0.383. The average molecular weight is 169 g/mol. The molecular weight excluding hydrogens is 162 g/mol. The van der Waals surface area contributed by atoms with Gasteiger partial charge in [-0.05, 0) is 16.8 Å². The second-order valence-corrected chi connectivity index (χ2v) is 2.11. The fraction of sp³-hybridized carbons (Fsp3) is 0.333. The number of nitrogens with zero attached hydrogens (tertiary/aromatic N) is 3. The Morgan fingerprint density at radius 2 is 2.50 bits per heavy atom. The van der Waals surface area contributed by atoms with Gasteiger partial charge in [-0.2, -0.15) is 0 Å². The molecule has 0 atom stereocenters. The second kappa shape index (κ2) is 3.12. The number of aldehydes is 1. The molecule has 0 aliphatic heterocycles. The number of rotatable bonds is 3. The fourth-order valence-corrected chi connectivity index (χ4v) is 0.894. The molecule has 0 spiro atoms. The number of hydrogen-bond donors (Lipinski definition) is 0. The van der Waals surface area contributed by atoms with Crippen molar-refractivity contribution in [1.82, 2.24) is 9.55 Å². The van der Waals surface area contributed by atoms with Crippen LogP contribution in [0.3, 0.4) is 0 Å². The summed E-state index contributed by atoms with van der Waals surface area (Å²) in [5.41, 5.74) is 0.0162. The molecule has 6 heteroatoms. The van der Waals surface area contributed by atoms with Gasteiger partial charge in [0.15, 0.2) is 12.0 Å². The maximum atomic E-state index is 10.4. The topological polar surface area (TPSA) is 78.0 Å². The van der Waals surface area contributed by atoms with E-state index in [-0.39, 0.29) is 11.5 Å². The van der Waals surface area contributed by atoms with Crippen molar-refractivity contribution in [1.29, 1.82) is 0 Å². The summed E-state index contributed by atoms with van der Waals surface area (Å²) in [6.45, 7) is 2.27. The average Bonchev–Trinajstić information content (AvgIpc) is 2.46. The molecule has 0 radical (unpaired) electrons. The molecule has 0 saturated carbocycles. The molecule has 1 rings (SSSR count). The van der Waals surface area contributed by atoms with Crippen LogP contribution in [0.4, 0.5) is 5.82 Å². The summed E-state index contributed by atoms with van der Waals surface area (Å²) in [5, 5.41) is 10.3. The zero-order chi connectivity index (χ0) is 9.14. The highest BCUT2D eigenvalue weighted by molar-refractivity contribution is 5.77. The van der Waals surface area contributed by atoms with Crippen LogP contribution in [0.1, 0.15) is 17.4 Å². The predicted octanol–water partition coefficient (Wildman–Crippen LogP) is 0.624. The molecule has 0 aromatic carbocycles. The van der Waals surface area contributed by atoms with Crippen molar-refractivity contribution in [2.24, 2.45) is 0 Å². The third-order valence-electron chi connectivity index (χ3n) is 1.48. The van der Waals surface area contributed by atoms with Gasteiger partial charge in [-0.1, -0.05) is 0 Å². The van der Waals surface area contributed by atoms with Gasteiger partial charge in [0.1, 0.15) is 0 Å². The van der Waals surface area contributed by atoms with E-state index in [2.05, 4.69) is 4.98 Å². The van der Waals surface area contributed by atoms with Crippen molar-refractivity contribution in [2.75, 3.05) is 0 Å². The van der Waals surface area contributed by atoms with Gasteiger partial charge in [0, 0.05) is 6.54 Å². The van der Waals surface area contributed by atoms with E-state index in [0.717, 1.165) is 0 Å². The molecule has 0 bridgehead atoms. The minimum Gasteiger partial charge on any atom is -0.358 e. The Morgan fingerprint density at radius 1 is 1.83 bits per heavy atom. The SMILES string of the molecule is CCn1cnc([N+](=O)[O-])c1C=O. The highest BCUT2D eigenvalue weighted by Crippen LogP contribution is 2.12. The van der Waals surface area contributed by atoms with E-state index < -0.39 is 4.92 Å². The summed E-state index contributed by atoms with van der Waals surface area (Å²) in [7, 11) is 0. The Bertz CT molecular complexity index is 318. The maximum absolute atomic E-state index is 10.4. The fourth-order valence-electron chi connectivity index (χ4n) is 0.894. The first kappa shape index (κ1) is 8.38. The molecule has 12 heavy (non-hydrogen) atoms. The number of aryl methyl sites for hydroxylation is 1. The monoisotopic (exact) mass is 169 g/mol. The molecular formula is C6H7N3O3. The molecule has 0 aliphatic rings. The van der Waals surface area contributed by atoms with E-state index in [1.54, 1.807) is 6.92 Å². The largest absolute Gasteiger partial charge is 0.392 e. The molecule has 0 amide bonds. The quantitative estimate of drug-likeness (QED) is 0.377. The highest BCUT2D eigenvalue weighted by atomic mass is 16.6. The van der Waals surface area contributed by atoms with Gasteiger partial charge in [-0.15, -0.1) is 0 Å². The smallest absolute Gasteiger partial charge is 0.358 e. The van der Waals surface area contributed by atoms with E-state index in [1.807, 2.05) is 0 Å². The van der Waals surface area contributed by atoms with Gasteiger partial charge in [0.2, 0.25) is 6.33 Å². The summed E-state index contributed by atoms with van der Waals surface area (Å²) in [6, 6.07) is 0. The van der Waals surface area contributed by atoms with Gasteiger partial charge in [0.05, 0.1) is 0 Å². The van der Waals surface area contributed by atoms with E-state index in [9.17, 15) is 14.9 Å². The van der Waals surface area contributed by atoms with Crippen molar-refractivity contribution >= 4 is 12.1 Å². The molecule has 0 unspecified atom stereocenters. The van der Waals surface area contributed by atoms with Crippen LogP contribution in [0, 0.1) is 10.1 Å². The van der Waals surface area contributed by atoms with Crippen LogP contribution in [-0.2, 0) is 6.54 Å². The van der Waals surface area contributed by atoms with Crippen LogP contribution in [0.25, 0.3) is 0 Å². The van der Waals surface area contributed by atoms with Gasteiger partial charge >= 0.3 is 5.82 Å². The maximum Gasteiger partial charge on any atom is 0.392 e. The number of hydrogen-bond acceptors (Lipinski definition) is 4. The van der Waals surface area contributed by atoms with E-state index in [1.165, 1.54) is 10.9 Å². The van der Waals surface area contributed by atoms with Gasteiger partial charge < -0.3 is 14.7 Å². The number of carbonyl (C=O) groups excluding carboxylic acids is 1. The lowest BCUT2D eigenvalue weighted by molar-refractivity contribution is -0.389. The van der Waals surface area contributed by atoms with E-state index >= 15 is 0 Å². The van der Waals surface area contributed by atoms with Crippen LogP contribution in [0.2, 0.25) is 0 Å². The zero-order valence-electron chi connectivity index (χ0n) is 6.43. The molecule has 0 N–H and O–H groups in total. The second-order valence-electron chi connectivity index (χ2n) is 2.11. The standard InChI is InChI=1S/C6H7N3O3/c1-2-8-4-7-6(9(11)12)5(8)3-10/h3-4H,2H2,1H3. The van der Waals surface area contributed by atoms with Crippen LogP contribution in [0.15, 0.2) is 6.33 Å². The Hall–Kier alpha value is -1.72. The van der Waals surface area contributed by atoms with Crippen molar-refractivity contribution in [3.05, 3.63) is 22.1 Å². The summed E-state index contributed by atoms with van der Waals surface area (Å²) >= 11 is 0. The van der Waals surface area contributed by atoms with Crippen molar-refractivity contribution in [2.45, 2.75) is 13.5 Å². The lowest BCUT2D eigenvalue weighted by Crippen LogP contribution is -2.00. The molecule has 6 nitrogen and oxygen atoms in total. The third kappa shape index (κ3) is 1.18. The summed E-state index contributed by atoms with van der Waals surface area (Å²) in [6.07, 6.45) is 1.72. The number of aromatic nitrogens is 2.